The molecule has 3 aromatic rings. The number of aromatic nitrogens is 1. The van der Waals surface area contributed by atoms with Gasteiger partial charge in [0.25, 0.3) is 17.3 Å². The highest BCUT2D eigenvalue weighted by molar-refractivity contribution is 7.10. The lowest BCUT2D eigenvalue weighted by Crippen LogP contribution is -2.29. The van der Waals surface area contributed by atoms with Crippen molar-refractivity contribution in [1.29, 1.82) is 5.26 Å². The second-order valence-corrected chi connectivity index (χ2v) is 7.57. The zero-order valence-corrected chi connectivity index (χ0v) is 18.4. The molecular formula is C20H15N9O5S. The minimum Gasteiger partial charge on any atom is -0.369 e. The topological polar surface area (TPSA) is 229 Å². The van der Waals surface area contributed by atoms with Gasteiger partial charge < -0.3 is 16.8 Å². The van der Waals surface area contributed by atoms with E-state index in [1.54, 1.807) is 5.38 Å². The molecule has 5 N–H and O–H groups in total. The minimum atomic E-state index is -1.34. The van der Waals surface area contributed by atoms with Crippen molar-refractivity contribution in [3.8, 4) is 17.3 Å². The van der Waals surface area contributed by atoms with Crippen molar-refractivity contribution < 1.29 is 14.6 Å². The van der Waals surface area contributed by atoms with Crippen LogP contribution in [0.3, 0.4) is 0 Å². The normalized spacial score (nSPS) is 11.7. The standard InChI is InChI=1S/C20H15N9O5S/c21-9-13(19-25-15(10-35-19)11-5-7-12(8-6-11)28(31)32)17(26-27-20(22)23)18(30)24-14-3-1-2-4-16(14)29(33)34/h1-8,10,13H,(H,24,30)(H4,22,23,27)/b26-17-. The van der Waals surface area contributed by atoms with E-state index >= 15 is 0 Å². The number of anilines is 1. The predicted octanol–water partition coefficient (Wildman–Crippen LogP) is 2.50. The summed E-state index contributed by atoms with van der Waals surface area (Å²) in [6.45, 7) is 0. The van der Waals surface area contributed by atoms with E-state index in [0.29, 0.717) is 11.3 Å². The second kappa shape index (κ2) is 10.6. The number of carbonyl (C=O) groups excluding carboxylic acids is 1. The van der Waals surface area contributed by atoms with Gasteiger partial charge in [0.1, 0.15) is 16.6 Å². The maximum atomic E-state index is 13.0. The number of nitrogens with zero attached hydrogens (tertiary/aromatic N) is 6. The van der Waals surface area contributed by atoms with Gasteiger partial charge in [-0.3, -0.25) is 25.0 Å². The first-order chi connectivity index (χ1) is 16.7. The van der Waals surface area contributed by atoms with E-state index in [-0.39, 0.29) is 22.1 Å². The van der Waals surface area contributed by atoms with Crippen molar-refractivity contribution >= 4 is 46.0 Å². The van der Waals surface area contributed by atoms with Gasteiger partial charge in [-0.1, -0.05) is 12.1 Å². The Morgan fingerprint density at radius 2 is 1.77 bits per heavy atom. The molecule has 0 aliphatic carbocycles. The largest absolute Gasteiger partial charge is 0.369 e. The summed E-state index contributed by atoms with van der Waals surface area (Å²) in [4.78, 5) is 38.3. The molecule has 0 aliphatic heterocycles. The molecule has 0 aliphatic rings. The van der Waals surface area contributed by atoms with Crippen LogP contribution >= 0.6 is 11.3 Å². The summed E-state index contributed by atoms with van der Waals surface area (Å²) in [5.41, 5.74) is 10.5. The van der Waals surface area contributed by atoms with Crippen molar-refractivity contribution in [3.05, 3.63) is 79.1 Å². The van der Waals surface area contributed by atoms with Crippen molar-refractivity contribution in [2.75, 3.05) is 5.32 Å². The highest BCUT2D eigenvalue weighted by Gasteiger charge is 2.29. The molecule has 2 aromatic carbocycles. The number of nitriles is 1. The van der Waals surface area contributed by atoms with Crippen LogP contribution in [0.1, 0.15) is 10.9 Å². The maximum Gasteiger partial charge on any atom is 0.292 e. The molecule has 1 aromatic heterocycles. The van der Waals surface area contributed by atoms with E-state index in [1.165, 1.54) is 48.5 Å². The summed E-state index contributed by atoms with van der Waals surface area (Å²) in [5.74, 6) is -2.77. The van der Waals surface area contributed by atoms with Gasteiger partial charge in [0.05, 0.1) is 21.6 Å². The molecule has 0 fully saturated rings. The van der Waals surface area contributed by atoms with Crippen molar-refractivity contribution in [3.63, 3.8) is 0 Å². The van der Waals surface area contributed by atoms with Crippen molar-refractivity contribution in [2.24, 2.45) is 21.7 Å². The van der Waals surface area contributed by atoms with Crippen LogP contribution in [0.2, 0.25) is 0 Å². The SMILES string of the molecule is N#CC(/C(=N/N=C(N)N)C(=O)Nc1ccccc1[N+](=O)[O-])c1nc(-c2ccc([N+](=O)[O-])cc2)cs1. The molecule has 14 nitrogen and oxygen atoms in total. The summed E-state index contributed by atoms with van der Waals surface area (Å²) >= 11 is 1.03. The first kappa shape index (κ1) is 24.4. The Hall–Kier alpha value is -5.23. The lowest BCUT2D eigenvalue weighted by Gasteiger charge is -2.10. The van der Waals surface area contributed by atoms with Gasteiger partial charge >= 0.3 is 0 Å². The lowest BCUT2D eigenvalue weighted by molar-refractivity contribution is -0.384. The number of nitrogens with two attached hydrogens (primary N) is 2. The maximum absolute atomic E-state index is 13.0. The van der Waals surface area contributed by atoms with Gasteiger partial charge in [0.2, 0.25) is 5.96 Å². The summed E-state index contributed by atoms with van der Waals surface area (Å²) in [6.07, 6.45) is 0. The smallest absolute Gasteiger partial charge is 0.292 e. The quantitative estimate of drug-likeness (QED) is 0.181. The van der Waals surface area contributed by atoms with Crippen LogP contribution in [0.4, 0.5) is 17.1 Å². The van der Waals surface area contributed by atoms with Crippen LogP contribution in [0.15, 0.2) is 64.1 Å². The number of nitro groups is 2. The monoisotopic (exact) mass is 493 g/mol. The second-order valence-electron chi connectivity index (χ2n) is 6.68. The molecule has 1 atom stereocenters. The Morgan fingerprint density at radius 3 is 2.37 bits per heavy atom. The fourth-order valence-corrected chi connectivity index (χ4v) is 3.68. The molecule has 0 saturated carbocycles. The summed E-state index contributed by atoms with van der Waals surface area (Å²) in [5, 5.41) is 43.2. The van der Waals surface area contributed by atoms with Crippen LogP contribution in [-0.4, -0.2) is 32.4 Å². The third-order valence-electron chi connectivity index (χ3n) is 4.40. The zero-order chi connectivity index (χ0) is 25.5. The average molecular weight is 493 g/mol. The number of benzene rings is 2. The molecule has 0 radical (unpaired) electrons. The number of nitro benzene ring substituents is 2. The molecule has 0 saturated heterocycles. The number of amides is 1. The number of non-ortho nitro benzene ring substituents is 1. The van der Waals surface area contributed by atoms with Gasteiger partial charge in [-0.2, -0.15) is 5.26 Å². The van der Waals surface area contributed by atoms with E-state index in [2.05, 4.69) is 20.5 Å². The van der Waals surface area contributed by atoms with E-state index in [1.807, 2.05) is 6.07 Å². The lowest BCUT2D eigenvalue weighted by atomic mass is 10.0. The van der Waals surface area contributed by atoms with E-state index in [9.17, 15) is 30.3 Å². The van der Waals surface area contributed by atoms with Crippen LogP contribution < -0.4 is 16.8 Å². The first-order valence-electron chi connectivity index (χ1n) is 9.52. The molecule has 1 heterocycles. The summed E-state index contributed by atoms with van der Waals surface area (Å²) < 4.78 is 0. The highest BCUT2D eigenvalue weighted by atomic mass is 32.1. The molecule has 15 heteroatoms. The van der Waals surface area contributed by atoms with E-state index in [4.69, 9.17) is 11.5 Å². The Labute approximate surface area is 200 Å². The van der Waals surface area contributed by atoms with Crippen LogP contribution in [-0.2, 0) is 4.79 Å². The molecule has 1 unspecified atom stereocenters. The number of guanidine groups is 1. The number of carbonyl (C=O) groups is 1. The third kappa shape index (κ3) is 5.77. The molecular weight excluding hydrogens is 478 g/mol. The highest BCUT2D eigenvalue weighted by Crippen LogP contribution is 2.29. The van der Waals surface area contributed by atoms with Crippen LogP contribution in [0, 0.1) is 31.6 Å². The van der Waals surface area contributed by atoms with Gasteiger partial charge in [0, 0.05) is 29.1 Å². The number of hydrogen-bond donors (Lipinski definition) is 3. The first-order valence-corrected chi connectivity index (χ1v) is 10.4. The molecule has 1 amide bonds. The van der Waals surface area contributed by atoms with Gasteiger partial charge in [0.15, 0.2) is 5.71 Å². The number of nitrogens with one attached hydrogen (secondary N) is 1. The molecule has 35 heavy (non-hydrogen) atoms. The Bertz CT molecular complexity index is 1390. The van der Waals surface area contributed by atoms with E-state index < -0.39 is 33.3 Å². The van der Waals surface area contributed by atoms with Crippen LogP contribution in [0.5, 0.6) is 0 Å². The molecule has 0 bridgehead atoms. The fraction of sp³-hybridized carbons (Fsp3) is 0.0500. The molecule has 3 rings (SSSR count). The Balaban J connectivity index is 1.96. The third-order valence-corrected chi connectivity index (χ3v) is 5.31. The van der Waals surface area contributed by atoms with Gasteiger partial charge in [-0.15, -0.1) is 21.5 Å². The number of thiazole rings is 1. The molecule has 176 valence electrons. The number of rotatable bonds is 8. The van der Waals surface area contributed by atoms with Gasteiger partial charge in [-0.25, -0.2) is 4.98 Å². The average Bonchev–Trinajstić information content (AvgIpc) is 3.31. The minimum absolute atomic E-state index is 0.0996. The van der Waals surface area contributed by atoms with Crippen molar-refractivity contribution in [1.82, 2.24) is 4.98 Å². The molecule has 0 spiro atoms. The van der Waals surface area contributed by atoms with Crippen molar-refractivity contribution in [2.45, 2.75) is 5.92 Å². The van der Waals surface area contributed by atoms with E-state index in [0.717, 1.165) is 11.3 Å². The zero-order valence-electron chi connectivity index (χ0n) is 17.6. The Morgan fingerprint density at radius 1 is 1.09 bits per heavy atom. The number of para-hydroxylation sites is 2. The summed E-state index contributed by atoms with van der Waals surface area (Å²) in [7, 11) is 0. The Kier molecular flexibility index (Phi) is 7.39. The van der Waals surface area contributed by atoms with Crippen LogP contribution in [0.25, 0.3) is 11.3 Å². The predicted molar refractivity (Wildman–Crippen MR) is 128 cm³/mol. The fourth-order valence-electron chi connectivity index (χ4n) is 2.81. The van der Waals surface area contributed by atoms with Gasteiger partial charge in [-0.05, 0) is 18.2 Å². The summed E-state index contributed by atoms with van der Waals surface area (Å²) in [6, 6.07) is 12.9. The number of hydrogen-bond acceptors (Lipinski definition) is 10.